The Balaban J connectivity index is 1.74. The number of nitrogens with zero attached hydrogens (tertiary/aromatic N) is 3. The van der Waals surface area contributed by atoms with Crippen LogP contribution in [-0.4, -0.2) is 80.5 Å². The summed E-state index contributed by atoms with van der Waals surface area (Å²) in [6.45, 7) is 3.94. The summed E-state index contributed by atoms with van der Waals surface area (Å²) in [4.78, 5) is 32.1. The Kier molecular flexibility index (Phi) is 7.08. The van der Waals surface area contributed by atoms with Gasteiger partial charge in [-0.05, 0) is 44.5 Å². The van der Waals surface area contributed by atoms with E-state index in [1.165, 1.54) is 0 Å². The predicted octanol–water partition coefficient (Wildman–Crippen LogP) is 2.02. The van der Waals surface area contributed by atoms with Crippen molar-refractivity contribution in [1.82, 2.24) is 14.7 Å². The third kappa shape index (κ3) is 4.73. The minimum absolute atomic E-state index is 0.0388. The van der Waals surface area contributed by atoms with Crippen LogP contribution in [-0.2, 0) is 14.3 Å². The largest absolute Gasteiger partial charge is 0.383 e. The van der Waals surface area contributed by atoms with Gasteiger partial charge in [0.2, 0.25) is 11.8 Å². The lowest BCUT2D eigenvalue weighted by Gasteiger charge is -2.34. The van der Waals surface area contributed by atoms with Crippen molar-refractivity contribution < 1.29 is 14.3 Å². The fraction of sp³-hybridized carbons (Fsp3) is 0.636. The van der Waals surface area contributed by atoms with E-state index < -0.39 is 0 Å². The molecule has 2 atom stereocenters. The second-order valence-corrected chi connectivity index (χ2v) is 8.21. The van der Waals surface area contributed by atoms with Crippen molar-refractivity contribution in [3.63, 3.8) is 0 Å². The van der Waals surface area contributed by atoms with Gasteiger partial charge in [0.05, 0.1) is 18.6 Å². The zero-order chi connectivity index (χ0) is 20.1. The van der Waals surface area contributed by atoms with Crippen LogP contribution in [0.1, 0.15) is 30.9 Å². The first-order valence-electron chi connectivity index (χ1n) is 10.3. The van der Waals surface area contributed by atoms with Crippen molar-refractivity contribution in [2.45, 2.75) is 25.3 Å². The highest BCUT2D eigenvalue weighted by Crippen LogP contribution is 2.39. The van der Waals surface area contributed by atoms with Crippen molar-refractivity contribution in [2.24, 2.45) is 11.8 Å². The highest BCUT2D eigenvalue weighted by atomic mass is 16.5. The maximum Gasteiger partial charge on any atom is 0.228 e. The molecule has 1 aromatic carbocycles. The number of carbonyl (C=O) groups excluding carboxylic acids is 2. The minimum atomic E-state index is -0.331. The van der Waals surface area contributed by atoms with Crippen LogP contribution >= 0.6 is 0 Å². The summed E-state index contributed by atoms with van der Waals surface area (Å²) >= 11 is 0. The summed E-state index contributed by atoms with van der Waals surface area (Å²) in [7, 11) is 5.68. The Morgan fingerprint density at radius 2 is 1.89 bits per heavy atom. The Morgan fingerprint density at radius 3 is 2.54 bits per heavy atom. The summed E-state index contributed by atoms with van der Waals surface area (Å²) in [6, 6.07) is 9.72. The van der Waals surface area contributed by atoms with Gasteiger partial charge in [-0.1, -0.05) is 30.3 Å². The second-order valence-electron chi connectivity index (χ2n) is 8.21. The SMILES string of the molecule is COCCN1C(=O)C[C@@H](C(=O)N(C)CC2CCN(C)CC2)[C@@H]1c1ccccc1. The average molecular weight is 388 g/mol. The van der Waals surface area contributed by atoms with Crippen LogP contribution in [0.25, 0.3) is 0 Å². The van der Waals surface area contributed by atoms with Gasteiger partial charge >= 0.3 is 0 Å². The van der Waals surface area contributed by atoms with E-state index in [1.807, 2.05) is 47.2 Å². The van der Waals surface area contributed by atoms with Crippen LogP contribution in [0.15, 0.2) is 30.3 Å². The molecule has 6 heteroatoms. The van der Waals surface area contributed by atoms with E-state index in [2.05, 4.69) is 11.9 Å². The molecule has 2 amide bonds. The summed E-state index contributed by atoms with van der Waals surface area (Å²) in [5.41, 5.74) is 1.02. The molecule has 0 unspecified atom stereocenters. The molecule has 0 aliphatic carbocycles. The van der Waals surface area contributed by atoms with Gasteiger partial charge in [0.25, 0.3) is 0 Å². The summed E-state index contributed by atoms with van der Waals surface area (Å²) in [5.74, 6) is 0.336. The van der Waals surface area contributed by atoms with Crippen molar-refractivity contribution >= 4 is 11.8 Å². The quantitative estimate of drug-likeness (QED) is 0.718. The van der Waals surface area contributed by atoms with E-state index in [1.54, 1.807) is 7.11 Å². The number of rotatable bonds is 7. The molecule has 2 heterocycles. The van der Waals surface area contributed by atoms with Crippen molar-refractivity contribution in [2.75, 3.05) is 54.0 Å². The number of amides is 2. The zero-order valence-corrected chi connectivity index (χ0v) is 17.3. The summed E-state index contributed by atoms with van der Waals surface area (Å²) in [6.07, 6.45) is 2.53. The van der Waals surface area contributed by atoms with Crippen molar-refractivity contribution in [3.05, 3.63) is 35.9 Å². The van der Waals surface area contributed by atoms with Crippen LogP contribution in [0.4, 0.5) is 0 Å². The van der Waals surface area contributed by atoms with Gasteiger partial charge in [-0.25, -0.2) is 0 Å². The van der Waals surface area contributed by atoms with E-state index in [0.29, 0.717) is 19.1 Å². The first-order valence-corrected chi connectivity index (χ1v) is 10.3. The molecule has 0 saturated carbocycles. The lowest BCUT2D eigenvalue weighted by atomic mass is 9.91. The normalized spacial score (nSPS) is 24.0. The first-order chi connectivity index (χ1) is 13.5. The molecule has 1 aromatic rings. The number of methoxy groups -OCH3 is 1. The van der Waals surface area contributed by atoms with E-state index in [4.69, 9.17) is 4.74 Å². The third-order valence-electron chi connectivity index (χ3n) is 6.17. The maximum absolute atomic E-state index is 13.3. The number of piperidine rings is 1. The number of ether oxygens (including phenoxy) is 1. The van der Waals surface area contributed by atoms with Gasteiger partial charge in [0.15, 0.2) is 0 Å². The van der Waals surface area contributed by atoms with Crippen molar-refractivity contribution in [1.29, 1.82) is 0 Å². The molecule has 2 aliphatic heterocycles. The summed E-state index contributed by atoms with van der Waals surface area (Å²) < 4.78 is 5.20. The Bertz CT molecular complexity index is 658. The monoisotopic (exact) mass is 387 g/mol. The molecule has 2 aliphatic rings. The lowest BCUT2D eigenvalue weighted by molar-refractivity contribution is -0.136. The van der Waals surface area contributed by atoms with Gasteiger partial charge in [-0.3, -0.25) is 9.59 Å². The van der Waals surface area contributed by atoms with Gasteiger partial charge in [-0.2, -0.15) is 0 Å². The standard InChI is InChI=1S/C22H33N3O3/c1-23-11-9-17(10-12-23)16-24(2)22(27)19-15-20(26)25(13-14-28-3)21(19)18-7-5-4-6-8-18/h4-8,17,19,21H,9-16H2,1-3H3/t19-,21+/m1/s1. The molecule has 0 aromatic heterocycles. The topological polar surface area (TPSA) is 53.1 Å². The smallest absolute Gasteiger partial charge is 0.228 e. The highest BCUT2D eigenvalue weighted by molar-refractivity contribution is 5.90. The Morgan fingerprint density at radius 1 is 1.21 bits per heavy atom. The molecule has 28 heavy (non-hydrogen) atoms. The molecule has 0 bridgehead atoms. The van der Waals surface area contributed by atoms with E-state index >= 15 is 0 Å². The minimum Gasteiger partial charge on any atom is -0.383 e. The highest BCUT2D eigenvalue weighted by Gasteiger charge is 2.45. The number of hydrogen-bond donors (Lipinski definition) is 0. The average Bonchev–Trinajstić information content (AvgIpc) is 3.04. The van der Waals surface area contributed by atoms with Gasteiger partial charge in [-0.15, -0.1) is 0 Å². The van der Waals surface area contributed by atoms with E-state index in [-0.39, 0.29) is 30.2 Å². The molecule has 0 spiro atoms. The molecular formula is C22H33N3O3. The zero-order valence-electron chi connectivity index (χ0n) is 17.3. The second kappa shape index (κ2) is 9.52. The molecule has 0 radical (unpaired) electrons. The van der Waals surface area contributed by atoms with Crippen LogP contribution in [0, 0.1) is 11.8 Å². The van der Waals surface area contributed by atoms with Gasteiger partial charge in [0, 0.05) is 33.7 Å². The van der Waals surface area contributed by atoms with Crippen LogP contribution < -0.4 is 0 Å². The Hall–Kier alpha value is -1.92. The summed E-state index contributed by atoms with van der Waals surface area (Å²) in [5, 5.41) is 0. The molecule has 154 valence electrons. The number of benzene rings is 1. The molecule has 2 fully saturated rings. The van der Waals surface area contributed by atoms with Crippen molar-refractivity contribution in [3.8, 4) is 0 Å². The number of hydrogen-bond acceptors (Lipinski definition) is 4. The predicted molar refractivity (Wildman–Crippen MR) is 109 cm³/mol. The van der Waals surface area contributed by atoms with Crippen LogP contribution in [0.2, 0.25) is 0 Å². The van der Waals surface area contributed by atoms with E-state index in [9.17, 15) is 9.59 Å². The third-order valence-corrected chi connectivity index (χ3v) is 6.17. The molecule has 2 saturated heterocycles. The number of likely N-dealkylation sites (tertiary alicyclic amines) is 2. The Labute approximate surface area is 168 Å². The molecule has 3 rings (SSSR count). The maximum atomic E-state index is 13.3. The van der Waals surface area contributed by atoms with E-state index in [0.717, 1.165) is 38.0 Å². The first kappa shape index (κ1) is 20.8. The lowest BCUT2D eigenvalue weighted by Crippen LogP contribution is -2.41. The fourth-order valence-corrected chi connectivity index (χ4v) is 4.53. The molecular weight excluding hydrogens is 354 g/mol. The van der Waals surface area contributed by atoms with Crippen LogP contribution in [0.3, 0.4) is 0 Å². The van der Waals surface area contributed by atoms with Gasteiger partial charge in [0.1, 0.15) is 0 Å². The molecule has 0 N–H and O–H groups in total. The van der Waals surface area contributed by atoms with Crippen LogP contribution in [0.5, 0.6) is 0 Å². The number of carbonyl (C=O) groups is 2. The van der Waals surface area contributed by atoms with Gasteiger partial charge < -0.3 is 19.4 Å². The molecule has 6 nitrogen and oxygen atoms in total. The fourth-order valence-electron chi connectivity index (χ4n) is 4.53.